The van der Waals surface area contributed by atoms with Gasteiger partial charge in [-0.05, 0) is 29.7 Å². The van der Waals surface area contributed by atoms with Gasteiger partial charge in [-0.15, -0.1) is 0 Å². The summed E-state index contributed by atoms with van der Waals surface area (Å²) in [5.41, 5.74) is 7.22. The third kappa shape index (κ3) is 1.33. The summed E-state index contributed by atoms with van der Waals surface area (Å²) >= 11 is 0. The zero-order valence-electron chi connectivity index (χ0n) is 11.3. The van der Waals surface area contributed by atoms with Gasteiger partial charge in [0.2, 0.25) is 5.91 Å². The van der Waals surface area contributed by atoms with Crippen molar-refractivity contribution < 1.29 is 10.2 Å². The second kappa shape index (κ2) is 3.59. The number of hydrogen-bond acceptors (Lipinski definition) is 2. The highest BCUT2D eigenvalue weighted by molar-refractivity contribution is 6.09. The average molecular weight is 276 g/mol. The van der Waals surface area contributed by atoms with Gasteiger partial charge in [0.1, 0.15) is 0 Å². The van der Waals surface area contributed by atoms with Gasteiger partial charge in [0, 0.05) is 17.7 Å². The van der Waals surface area contributed by atoms with Crippen LogP contribution in [-0.2, 0) is 10.2 Å². The molecule has 0 saturated heterocycles. The smallest absolute Gasteiger partial charge is 0.235 e. The van der Waals surface area contributed by atoms with Crippen molar-refractivity contribution in [2.75, 3.05) is 5.32 Å². The van der Waals surface area contributed by atoms with Gasteiger partial charge in [-0.3, -0.25) is 4.79 Å². The van der Waals surface area contributed by atoms with Crippen molar-refractivity contribution in [3.8, 4) is 0 Å². The molecule has 5 rings (SSSR count). The van der Waals surface area contributed by atoms with Crippen molar-refractivity contribution in [2.24, 2.45) is 5.10 Å². The molecule has 1 spiro atoms. The number of hydrogen-bond donors (Lipinski definition) is 2. The number of rotatable bonds is 1. The minimum absolute atomic E-state index is 0.148. The summed E-state index contributed by atoms with van der Waals surface area (Å²) in [5, 5.41) is 7.21. The molecule has 2 aromatic carbocycles. The van der Waals surface area contributed by atoms with Gasteiger partial charge in [0.05, 0.1) is 17.2 Å². The van der Waals surface area contributed by atoms with Crippen molar-refractivity contribution >= 4 is 23.5 Å². The molecule has 4 heteroatoms. The van der Waals surface area contributed by atoms with E-state index in [9.17, 15) is 4.79 Å². The maximum atomic E-state index is 12.5. The normalized spacial score (nSPS) is 27.6. The molecular weight excluding hydrogens is 262 g/mol. The van der Waals surface area contributed by atoms with Gasteiger partial charge in [0.15, 0.2) is 5.69 Å². The Bertz CT molecular complexity index is 827. The molecule has 0 radical (unpaired) electrons. The van der Waals surface area contributed by atoms with Gasteiger partial charge in [-0.2, -0.15) is 5.43 Å². The number of benzene rings is 2. The van der Waals surface area contributed by atoms with Crippen LogP contribution in [0.25, 0.3) is 0 Å². The average Bonchev–Trinajstić information content (AvgIpc) is 2.97. The number of carbonyl (C=O) groups is 1. The van der Waals surface area contributed by atoms with Crippen LogP contribution in [0.3, 0.4) is 0 Å². The number of para-hydroxylation sites is 1. The van der Waals surface area contributed by atoms with E-state index in [-0.39, 0.29) is 17.2 Å². The lowest BCUT2D eigenvalue weighted by atomic mass is 9.91. The lowest BCUT2D eigenvalue weighted by molar-refractivity contribution is -0.573. The van der Waals surface area contributed by atoms with Gasteiger partial charge >= 0.3 is 0 Å². The quantitative estimate of drug-likeness (QED) is 0.603. The molecule has 4 nitrogen and oxygen atoms in total. The van der Waals surface area contributed by atoms with E-state index in [2.05, 4.69) is 34.7 Å². The number of quaternary nitrogens is 1. The van der Waals surface area contributed by atoms with Crippen LogP contribution in [-0.4, -0.2) is 12.1 Å². The molecule has 102 valence electrons. The van der Waals surface area contributed by atoms with E-state index in [4.69, 9.17) is 0 Å². The first-order valence-electron chi connectivity index (χ1n) is 7.20. The fraction of sp³-hybridized carbons (Fsp3) is 0.176. The number of nitrogens with one attached hydrogen (secondary N) is 1. The van der Waals surface area contributed by atoms with Crippen molar-refractivity contribution in [3.63, 3.8) is 0 Å². The highest BCUT2D eigenvalue weighted by Crippen LogP contribution is 2.64. The molecule has 3 aliphatic rings. The largest absolute Gasteiger partial charge is 0.325 e. The van der Waals surface area contributed by atoms with Crippen LogP contribution in [0.15, 0.2) is 47.6 Å². The van der Waals surface area contributed by atoms with Crippen molar-refractivity contribution in [2.45, 2.75) is 17.8 Å². The summed E-state index contributed by atoms with van der Waals surface area (Å²) in [7, 11) is 0. The number of nitrogens with zero attached hydrogens (tertiary/aromatic N) is 1. The lowest BCUT2D eigenvalue weighted by Gasteiger charge is -2.09. The summed E-state index contributed by atoms with van der Waals surface area (Å²) in [6, 6.07) is 14.5. The Hall–Kier alpha value is -2.46. The van der Waals surface area contributed by atoms with E-state index >= 15 is 0 Å². The van der Waals surface area contributed by atoms with E-state index in [0.29, 0.717) is 0 Å². The monoisotopic (exact) mass is 276 g/mol. The third-order valence-corrected chi connectivity index (χ3v) is 4.96. The minimum Gasteiger partial charge on any atom is -0.325 e. The number of fused-ring (bicyclic) bond motifs is 3. The summed E-state index contributed by atoms with van der Waals surface area (Å²) in [6.07, 6.45) is 2.77. The Morgan fingerprint density at radius 2 is 2.14 bits per heavy atom. The molecule has 0 bridgehead atoms. The van der Waals surface area contributed by atoms with E-state index in [1.54, 1.807) is 0 Å². The first kappa shape index (κ1) is 11.2. The SMILES string of the molecule is O=C1Nc2ccccc2C12CC2c1ccc2c(c1)[NH2+]N=C2. The van der Waals surface area contributed by atoms with E-state index in [0.717, 1.165) is 28.9 Å². The highest BCUT2D eigenvalue weighted by Gasteiger charge is 2.65. The molecule has 2 aliphatic heterocycles. The second-order valence-corrected chi connectivity index (χ2v) is 6.02. The Morgan fingerprint density at radius 3 is 3.10 bits per heavy atom. The maximum Gasteiger partial charge on any atom is 0.235 e. The lowest BCUT2D eigenvalue weighted by Crippen LogP contribution is -2.69. The molecule has 2 aromatic rings. The molecule has 21 heavy (non-hydrogen) atoms. The van der Waals surface area contributed by atoms with Gasteiger partial charge in [-0.25, -0.2) is 0 Å². The number of nitrogens with two attached hydrogens (primary N) is 1. The highest BCUT2D eigenvalue weighted by atomic mass is 16.2. The number of carbonyl (C=O) groups excluding carboxylic acids is 1. The number of anilines is 1. The predicted molar refractivity (Wildman–Crippen MR) is 79.7 cm³/mol. The predicted octanol–water partition coefficient (Wildman–Crippen LogP) is 1.61. The Morgan fingerprint density at radius 1 is 1.24 bits per heavy atom. The molecule has 3 N–H and O–H groups in total. The Balaban J connectivity index is 1.58. The molecule has 2 unspecified atom stereocenters. The standard InChI is InChI=1S/C17H13N3O/c21-16-17(12-3-1-2-4-14(12)19-16)8-13(17)10-5-6-11-9-18-20-15(11)7-10/h1-7,9,13H,8H2,(H,18,20)(H,19,21)/p+1. The topological polar surface area (TPSA) is 58.1 Å². The zero-order chi connectivity index (χ0) is 14.0. The summed E-state index contributed by atoms with van der Waals surface area (Å²) < 4.78 is 0. The van der Waals surface area contributed by atoms with E-state index in [1.807, 2.05) is 29.8 Å². The van der Waals surface area contributed by atoms with Crippen LogP contribution in [0, 0.1) is 0 Å². The minimum atomic E-state index is -0.343. The third-order valence-electron chi connectivity index (χ3n) is 4.96. The molecule has 1 amide bonds. The summed E-state index contributed by atoms with van der Waals surface area (Å²) in [6.45, 7) is 0. The van der Waals surface area contributed by atoms with Crippen LogP contribution in [0.4, 0.5) is 11.4 Å². The number of amides is 1. The Labute approximate surface area is 121 Å². The molecule has 2 heterocycles. The van der Waals surface area contributed by atoms with E-state index < -0.39 is 0 Å². The first-order chi connectivity index (χ1) is 10.3. The fourth-order valence-corrected chi connectivity index (χ4v) is 3.79. The maximum absolute atomic E-state index is 12.5. The van der Waals surface area contributed by atoms with Crippen LogP contribution >= 0.6 is 0 Å². The summed E-state index contributed by atoms with van der Waals surface area (Å²) in [5.74, 6) is 0.426. The van der Waals surface area contributed by atoms with E-state index in [1.165, 1.54) is 5.56 Å². The molecule has 1 saturated carbocycles. The van der Waals surface area contributed by atoms with Crippen LogP contribution in [0.2, 0.25) is 0 Å². The van der Waals surface area contributed by atoms with Gasteiger partial charge < -0.3 is 5.32 Å². The van der Waals surface area contributed by atoms with Gasteiger partial charge in [-0.1, -0.05) is 29.4 Å². The summed E-state index contributed by atoms with van der Waals surface area (Å²) in [4.78, 5) is 12.5. The van der Waals surface area contributed by atoms with Crippen LogP contribution < -0.4 is 10.7 Å². The van der Waals surface area contributed by atoms with Crippen molar-refractivity contribution in [3.05, 3.63) is 59.2 Å². The molecule has 1 fully saturated rings. The molecule has 1 aliphatic carbocycles. The first-order valence-corrected chi connectivity index (χ1v) is 7.20. The van der Waals surface area contributed by atoms with Crippen molar-refractivity contribution in [1.29, 1.82) is 0 Å². The van der Waals surface area contributed by atoms with Crippen LogP contribution in [0.1, 0.15) is 29.0 Å². The molecule has 0 aromatic heterocycles. The molecule has 2 atom stereocenters. The van der Waals surface area contributed by atoms with Crippen molar-refractivity contribution in [1.82, 2.24) is 0 Å². The second-order valence-electron chi connectivity index (χ2n) is 6.02. The van der Waals surface area contributed by atoms with Crippen LogP contribution in [0.5, 0.6) is 0 Å². The fourth-order valence-electron chi connectivity index (χ4n) is 3.79. The molecular formula is C17H14N3O+. The van der Waals surface area contributed by atoms with Gasteiger partial charge in [0.25, 0.3) is 0 Å². The zero-order valence-corrected chi connectivity index (χ0v) is 11.3. The Kier molecular flexibility index (Phi) is 1.92.